The first-order chi connectivity index (χ1) is 13.4. The standard InChI is InChI=1S/C22H23ClN2O3/c1-14-21(16(3)28-24-14)13-27-20-11-7-18(8-12-20)22(26)25(4)15(2)17-5-9-19(23)10-6-17/h5-12,15H,13H2,1-4H3. The predicted molar refractivity (Wildman–Crippen MR) is 109 cm³/mol. The molecule has 1 heterocycles. The van der Waals surface area contributed by atoms with E-state index in [2.05, 4.69) is 5.16 Å². The van der Waals surface area contributed by atoms with E-state index in [1.165, 1.54) is 0 Å². The summed E-state index contributed by atoms with van der Waals surface area (Å²) in [6, 6.07) is 14.6. The van der Waals surface area contributed by atoms with Gasteiger partial charge in [0.05, 0.1) is 17.3 Å². The summed E-state index contributed by atoms with van der Waals surface area (Å²) in [5.41, 5.74) is 3.39. The number of hydrogen-bond acceptors (Lipinski definition) is 4. The van der Waals surface area contributed by atoms with Crippen LogP contribution >= 0.6 is 11.6 Å². The molecule has 2 aromatic carbocycles. The molecule has 0 aliphatic carbocycles. The lowest BCUT2D eigenvalue weighted by atomic mass is 10.1. The Bertz CT molecular complexity index is 929. The molecule has 0 aliphatic rings. The second-order valence-corrected chi connectivity index (χ2v) is 7.20. The van der Waals surface area contributed by atoms with Crippen molar-refractivity contribution in [2.45, 2.75) is 33.4 Å². The van der Waals surface area contributed by atoms with Gasteiger partial charge in [0, 0.05) is 17.6 Å². The highest BCUT2D eigenvalue weighted by atomic mass is 35.5. The first-order valence-corrected chi connectivity index (χ1v) is 9.42. The van der Waals surface area contributed by atoms with E-state index in [0.29, 0.717) is 22.9 Å². The minimum atomic E-state index is -0.0692. The normalized spacial score (nSPS) is 11.9. The third-order valence-electron chi connectivity index (χ3n) is 4.92. The van der Waals surface area contributed by atoms with Gasteiger partial charge in [-0.15, -0.1) is 0 Å². The molecule has 3 aromatic rings. The fraction of sp³-hybridized carbons (Fsp3) is 0.273. The number of aryl methyl sites for hydroxylation is 2. The minimum Gasteiger partial charge on any atom is -0.489 e. The number of aromatic nitrogens is 1. The summed E-state index contributed by atoms with van der Waals surface area (Å²) in [7, 11) is 1.80. The molecule has 5 nitrogen and oxygen atoms in total. The van der Waals surface area contributed by atoms with E-state index in [9.17, 15) is 4.79 Å². The molecular formula is C22H23ClN2O3. The monoisotopic (exact) mass is 398 g/mol. The third kappa shape index (κ3) is 4.37. The van der Waals surface area contributed by atoms with Crippen LogP contribution in [0.1, 0.15) is 45.9 Å². The number of carbonyl (C=O) groups is 1. The molecular weight excluding hydrogens is 376 g/mol. The molecule has 3 rings (SSSR count). The van der Waals surface area contributed by atoms with Gasteiger partial charge in [-0.25, -0.2) is 0 Å². The summed E-state index contributed by atoms with van der Waals surface area (Å²) in [5, 5.41) is 4.60. The second-order valence-electron chi connectivity index (χ2n) is 6.76. The molecule has 1 atom stereocenters. The molecule has 1 amide bonds. The van der Waals surface area contributed by atoms with E-state index >= 15 is 0 Å². The number of rotatable bonds is 6. The first-order valence-electron chi connectivity index (χ1n) is 9.04. The topological polar surface area (TPSA) is 55.6 Å². The second kappa shape index (κ2) is 8.48. The number of benzene rings is 2. The van der Waals surface area contributed by atoms with Crippen LogP contribution < -0.4 is 4.74 Å². The SMILES string of the molecule is Cc1noc(C)c1COc1ccc(C(=O)N(C)C(C)c2ccc(Cl)cc2)cc1. The van der Waals surface area contributed by atoms with Gasteiger partial charge in [-0.2, -0.15) is 0 Å². The van der Waals surface area contributed by atoms with Gasteiger partial charge in [0.1, 0.15) is 18.1 Å². The van der Waals surface area contributed by atoms with Crippen LogP contribution in [0, 0.1) is 13.8 Å². The van der Waals surface area contributed by atoms with E-state index < -0.39 is 0 Å². The Labute approximate surface area is 169 Å². The quantitative estimate of drug-likeness (QED) is 0.561. The Kier molecular flexibility index (Phi) is 6.05. The lowest BCUT2D eigenvalue weighted by Gasteiger charge is -2.25. The molecule has 0 N–H and O–H groups in total. The van der Waals surface area contributed by atoms with Crippen molar-refractivity contribution in [1.29, 1.82) is 0 Å². The smallest absolute Gasteiger partial charge is 0.254 e. The summed E-state index contributed by atoms with van der Waals surface area (Å²) in [4.78, 5) is 14.5. The lowest BCUT2D eigenvalue weighted by Crippen LogP contribution is -2.29. The van der Waals surface area contributed by atoms with Crippen LogP contribution in [0.3, 0.4) is 0 Å². The van der Waals surface area contributed by atoms with Crippen LogP contribution in [0.25, 0.3) is 0 Å². The molecule has 1 aromatic heterocycles. The van der Waals surface area contributed by atoms with Crippen molar-refractivity contribution in [3.05, 3.63) is 81.7 Å². The largest absolute Gasteiger partial charge is 0.489 e. The van der Waals surface area contributed by atoms with Gasteiger partial charge >= 0.3 is 0 Å². The Morgan fingerprint density at radius 2 is 1.79 bits per heavy atom. The number of amides is 1. The molecule has 0 bridgehead atoms. The third-order valence-corrected chi connectivity index (χ3v) is 5.17. The number of nitrogens with zero attached hydrogens (tertiary/aromatic N) is 2. The molecule has 1 unspecified atom stereocenters. The number of hydrogen-bond donors (Lipinski definition) is 0. The van der Waals surface area contributed by atoms with Crippen LogP contribution in [-0.2, 0) is 6.61 Å². The predicted octanol–water partition coefficient (Wildman–Crippen LogP) is 5.36. The Balaban J connectivity index is 1.65. The van der Waals surface area contributed by atoms with Gasteiger partial charge in [0.2, 0.25) is 0 Å². The van der Waals surface area contributed by atoms with Crippen LogP contribution in [0.2, 0.25) is 5.02 Å². The molecule has 0 saturated heterocycles. The summed E-state index contributed by atoms with van der Waals surface area (Å²) in [6.07, 6.45) is 0. The van der Waals surface area contributed by atoms with E-state index in [4.69, 9.17) is 20.9 Å². The average molecular weight is 399 g/mol. The van der Waals surface area contributed by atoms with Gasteiger partial charge in [0.25, 0.3) is 5.91 Å². The van der Waals surface area contributed by atoms with Crippen LogP contribution in [0.5, 0.6) is 5.75 Å². The van der Waals surface area contributed by atoms with Crippen molar-refractivity contribution in [1.82, 2.24) is 10.1 Å². The highest BCUT2D eigenvalue weighted by molar-refractivity contribution is 6.30. The summed E-state index contributed by atoms with van der Waals surface area (Å²) in [5.74, 6) is 1.38. The zero-order valence-electron chi connectivity index (χ0n) is 16.4. The molecule has 0 fully saturated rings. The van der Waals surface area contributed by atoms with Gasteiger partial charge in [-0.1, -0.05) is 28.9 Å². The van der Waals surface area contributed by atoms with Crippen molar-refractivity contribution in [2.24, 2.45) is 0 Å². The first kappa shape index (κ1) is 20.0. The molecule has 6 heteroatoms. The highest BCUT2D eigenvalue weighted by Gasteiger charge is 2.19. The average Bonchev–Trinajstić information content (AvgIpc) is 3.03. The molecule has 0 spiro atoms. The zero-order chi connectivity index (χ0) is 20.3. The summed E-state index contributed by atoms with van der Waals surface area (Å²) < 4.78 is 10.9. The number of carbonyl (C=O) groups excluding carboxylic acids is 1. The molecule has 0 radical (unpaired) electrons. The van der Waals surface area contributed by atoms with Gasteiger partial charge in [-0.05, 0) is 62.7 Å². The molecule has 0 aliphatic heterocycles. The van der Waals surface area contributed by atoms with Crippen molar-refractivity contribution >= 4 is 17.5 Å². The minimum absolute atomic E-state index is 0.0558. The Morgan fingerprint density at radius 1 is 1.14 bits per heavy atom. The van der Waals surface area contributed by atoms with Gasteiger partial charge in [-0.3, -0.25) is 4.79 Å². The van der Waals surface area contributed by atoms with Crippen LogP contribution in [0.15, 0.2) is 53.1 Å². The number of ether oxygens (including phenoxy) is 1. The maximum absolute atomic E-state index is 12.8. The van der Waals surface area contributed by atoms with Crippen molar-refractivity contribution < 1.29 is 14.1 Å². The van der Waals surface area contributed by atoms with Crippen molar-refractivity contribution in [3.63, 3.8) is 0 Å². The zero-order valence-corrected chi connectivity index (χ0v) is 17.2. The van der Waals surface area contributed by atoms with E-state index in [1.54, 1.807) is 36.2 Å². The molecule has 146 valence electrons. The fourth-order valence-corrected chi connectivity index (χ4v) is 3.03. The van der Waals surface area contributed by atoms with Crippen LogP contribution in [0.4, 0.5) is 0 Å². The van der Waals surface area contributed by atoms with E-state index in [1.807, 2.05) is 45.0 Å². The Morgan fingerprint density at radius 3 is 2.36 bits per heavy atom. The van der Waals surface area contributed by atoms with E-state index in [-0.39, 0.29) is 11.9 Å². The molecule has 0 saturated carbocycles. The summed E-state index contributed by atoms with van der Waals surface area (Å²) in [6.45, 7) is 6.11. The highest BCUT2D eigenvalue weighted by Crippen LogP contribution is 2.23. The van der Waals surface area contributed by atoms with Gasteiger partial charge < -0.3 is 14.2 Å². The number of halogens is 1. The van der Waals surface area contributed by atoms with Crippen LogP contribution in [-0.4, -0.2) is 23.0 Å². The van der Waals surface area contributed by atoms with E-state index in [0.717, 1.165) is 22.6 Å². The van der Waals surface area contributed by atoms with Crippen molar-refractivity contribution in [3.8, 4) is 5.75 Å². The summed E-state index contributed by atoms with van der Waals surface area (Å²) >= 11 is 5.94. The maximum Gasteiger partial charge on any atom is 0.254 e. The maximum atomic E-state index is 12.8. The Hall–Kier alpha value is -2.79. The van der Waals surface area contributed by atoms with Crippen molar-refractivity contribution in [2.75, 3.05) is 7.05 Å². The van der Waals surface area contributed by atoms with Gasteiger partial charge in [0.15, 0.2) is 0 Å². The fourth-order valence-electron chi connectivity index (χ4n) is 2.90. The molecule has 28 heavy (non-hydrogen) atoms. The lowest BCUT2D eigenvalue weighted by molar-refractivity contribution is 0.0742.